The summed E-state index contributed by atoms with van der Waals surface area (Å²) in [5.41, 5.74) is 2.52. The number of rotatable bonds is 4. The largest absolute Gasteiger partial charge is 0.494 e. The summed E-state index contributed by atoms with van der Waals surface area (Å²) in [6, 6.07) is 12.4. The van der Waals surface area contributed by atoms with E-state index >= 15 is 0 Å². The topological polar surface area (TPSA) is 35.3 Å². The van der Waals surface area contributed by atoms with Gasteiger partial charge < -0.3 is 9.15 Å². The average molecular weight is 350 g/mol. The molecule has 21 heavy (non-hydrogen) atoms. The minimum atomic E-state index is -0.372. The fourth-order valence-corrected chi connectivity index (χ4v) is 2.71. The number of nitrogens with zero attached hydrogens (tertiary/aromatic N) is 1. The second-order valence-corrected chi connectivity index (χ2v) is 5.75. The molecule has 1 atom stereocenters. The van der Waals surface area contributed by atoms with Crippen molar-refractivity contribution in [1.82, 2.24) is 4.98 Å². The zero-order valence-electron chi connectivity index (χ0n) is 11.3. The van der Waals surface area contributed by atoms with Crippen molar-refractivity contribution in [2.75, 3.05) is 7.11 Å². The van der Waals surface area contributed by atoms with E-state index in [1.54, 1.807) is 12.1 Å². The minimum Gasteiger partial charge on any atom is -0.494 e. The van der Waals surface area contributed by atoms with Gasteiger partial charge in [0, 0.05) is 11.2 Å². The molecule has 0 amide bonds. The first-order chi connectivity index (χ1) is 10.2. The highest BCUT2D eigenvalue weighted by Gasteiger charge is 2.15. The Morgan fingerprint density at radius 1 is 1.29 bits per heavy atom. The molecule has 0 spiro atoms. The van der Waals surface area contributed by atoms with Gasteiger partial charge >= 0.3 is 0 Å². The van der Waals surface area contributed by atoms with Gasteiger partial charge in [0.1, 0.15) is 5.52 Å². The van der Waals surface area contributed by atoms with E-state index < -0.39 is 0 Å². The first-order valence-corrected chi connectivity index (χ1v) is 7.41. The van der Waals surface area contributed by atoms with Gasteiger partial charge in [-0.1, -0.05) is 34.1 Å². The van der Waals surface area contributed by atoms with Crippen molar-refractivity contribution < 1.29 is 13.5 Å². The normalized spacial score (nSPS) is 12.5. The summed E-state index contributed by atoms with van der Waals surface area (Å²) >= 11 is 3.59. The first kappa shape index (κ1) is 14.1. The van der Waals surface area contributed by atoms with Crippen molar-refractivity contribution in [2.24, 2.45) is 0 Å². The van der Waals surface area contributed by atoms with E-state index in [0.717, 1.165) is 16.7 Å². The second kappa shape index (κ2) is 5.85. The zero-order chi connectivity index (χ0) is 14.8. The lowest BCUT2D eigenvalue weighted by Crippen LogP contribution is -1.97. The fourth-order valence-electron chi connectivity index (χ4n) is 2.15. The summed E-state index contributed by atoms with van der Waals surface area (Å²) in [4.78, 5) is 4.41. The Balaban J connectivity index is 1.83. The highest BCUT2D eigenvalue weighted by Crippen LogP contribution is 2.31. The molecule has 5 heteroatoms. The molecule has 0 aliphatic rings. The van der Waals surface area contributed by atoms with Crippen LogP contribution in [0.2, 0.25) is 0 Å². The monoisotopic (exact) mass is 349 g/mol. The standard InChI is InChI=1S/C16H13BrFNO2/c1-20-15-8-10(6-7-12(15)18)11(17)9-16-19-13-4-2-3-5-14(13)21-16/h2-8,11H,9H2,1H3. The van der Waals surface area contributed by atoms with Gasteiger partial charge in [-0.3, -0.25) is 0 Å². The maximum atomic E-state index is 13.4. The highest BCUT2D eigenvalue weighted by atomic mass is 79.9. The quantitative estimate of drug-likeness (QED) is 0.643. The van der Waals surface area contributed by atoms with Crippen LogP contribution in [-0.4, -0.2) is 12.1 Å². The van der Waals surface area contributed by atoms with Crippen LogP contribution in [0.4, 0.5) is 4.39 Å². The van der Waals surface area contributed by atoms with Crippen molar-refractivity contribution in [2.45, 2.75) is 11.2 Å². The molecule has 0 aliphatic carbocycles. The molecule has 3 nitrogen and oxygen atoms in total. The van der Waals surface area contributed by atoms with Crippen LogP contribution in [0.3, 0.4) is 0 Å². The van der Waals surface area contributed by atoms with Gasteiger partial charge in [0.25, 0.3) is 0 Å². The molecule has 1 aromatic heterocycles. The van der Waals surface area contributed by atoms with E-state index in [9.17, 15) is 4.39 Å². The number of hydrogen-bond acceptors (Lipinski definition) is 3. The molecule has 0 saturated carbocycles. The van der Waals surface area contributed by atoms with E-state index in [1.165, 1.54) is 13.2 Å². The molecule has 2 aromatic carbocycles. The Bertz CT molecular complexity index is 739. The van der Waals surface area contributed by atoms with Crippen LogP contribution < -0.4 is 4.74 Å². The Morgan fingerprint density at radius 3 is 2.86 bits per heavy atom. The molecule has 1 heterocycles. The third-order valence-electron chi connectivity index (χ3n) is 3.23. The average Bonchev–Trinajstić information content (AvgIpc) is 2.89. The molecule has 3 aromatic rings. The second-order valence-electron chi connectivity index (χ2n) is 4.64. The number of alkyl halides is 1. The van der Waals surface area contributed by atoms with Crippen molar-refractivity contribution >= 4 is 27.0 Å². The predicted octanol–water partition coefficient (Wildman–Crippen LogP) is 4.65. The Morgan fingerprint density at radius 2 is 2.10 bits per heavy atom. The Labute approximate surface area is 129 Å². The molecule has 3 rings (SSSR count). The molecule has 0 N–H and O–H groups in total. The van der Waals surface area contributed by atoms with Crippen LogP contribution in [-0.2, 0) is 6.42 Å². The van der Waals surface area contributed by atoms with Crippen molar-refractivity contribution in [3.63, 3.8) is 0 Å². The van der Waals surface area contributed by atoms with E-state index in [2.05, 4.69) is 20.9 Å². The smallest absolute Gasteiger partial charge is 0.196 e. The molecular weight excluding hydrogens is 337 g/mol. The molecule has 108 valence electrons. The predicted molar refractivity (Wildman–Crippen MR) is 82.3 cm³/mol. The summed E-state index contributed by atoms with van der Waals surface area (Å²) < 4.78 is 24.1. The van der Waals surface area contributed by atoms with E-state index in [-0.39, 0.29) is 16.4 Å². The van der Waals surface area contributed by atoms with Crippen molar-refractivity contribution in [3.8, 4) is 5.75 Å². The summed E-state index contributed by atoms with van der Waals surface area (Å²) in [7, 11) is 1.45. The molecule has 0 aliphatic heterocycles. The molecular formula is C16H13BrFNO2. The van der Waals surface area contributed by atoms with Gasteiger partial charge in [0.2, 0.25) is 0 Å². The molecule has 0 radical (unpaired) electrons. The Hall–Kier alpha value is -1.88. The summed E-state index contributed by atoms with van der Waals surface area (Å²) in [5, 5.41) is 0. The van der Waals surface area contributed by atoms with Crippen molar-refractivity contribution in [3.05, 3.63) is 59.7 Å². The van der Waals surface area contributed by atoms with Crippen LogP contribution in [0.25, 0.3) is 11.1 Å². The van der Waals surface area contributed by atoms with Crippen molar-refractivity contribution in [1.29, 1.82) is 0 Å². The molecule has 1 unspecified atom stereocenters. The number of fused-ring (bicyclic) bond motifs is 1. The summed E-state index contributed by atoms with van der Waals surface area (Å²) in [5.74, 6) is 0.499. The Kier molecular flexibility index (Phi) is 3.92. The van der Waals surface area contributed by atoms with Gasteiger partial charge in [-0.05, 0) is 29.8 Å². The van der Waals surface area contributed by atoms with Crippen LogP contribution >= 0.6 is 15.9 Å². The maximum Gasteiger partial charge on any atom is 0.196 e. The number of para-hydroxylation sites is 2. The van der Waals surface area contributed by atoms with E-state index in [0.29, 0.717) is 12.3 Å². The van der Waals surface area contributed by atoms with Crippen LogP contribution in [0.15, 0.2) is 46.9 Å². The van der Waals surface area contributed by atoms with Gasteiger partial charge in [0.05, 0.1) is 7.11 Å². The SMILES string of the molecule is COc1cc(C(Br)Cc2nc3ccccc3o2)ccc1F. The lowest BCUT2D eigenvalue weighted by molar-refractivity contribution is 0.386. The maximum absolute atomic E-state index is 13.4. The van der Waals surface area contributed by atoms with Crippen LogP contribution in [0, 0.1) is 5.82 Å². The number of benzene rings is 2. The highest BCUT2D eigenvalue weighted by molar-refractivity contribution is 9.09. The first-order valence-electron chi connectivity index (χ1n) is 6.49. The number of aromatic nitrogens is 1. The van der Waals surface area contributed by atoms with Gasteiger partial charge in [0.15, 0.2) is 23.0 Å². The lowest BCUT2D eigenvalue weighted by atomic mass is 10.1. The van der Waals surface area contributed by atoms with E-state index in [1.807, 2.05) is 24.3 Å². The molecule has 0 saturated heterocycles. The number of oxazole rings is 1. The fraction of sp³-hybridized carbons (Fsp3) is 0.188. The minimum absolute atomic E-state index is 0.0277. The molecule has 0 fully saturated rings. The number of halogens is 2. The molecule has 0 bridgehead atoms. The van der Waals surface area contributed by atoms with Gasteiger partial charge in [-0.25, -0.2) is 9.37 Å². The van der Waals surface area contributed by atoms with Crippen LogP contribution in [0.1, 0.15) is 16.3 Å². The number of methoxy groups -OCH3 is 1. The lowest BCUT2D eigenvalue weighted by Gasteiger charge is -2.10. The third-order valence-corrected chi connectivity index (χ3v) is 4.08. The van der Waals surface area contributed by atoms with Gasteiger partial charge in [-0.2, -0.15) is 0 Å². The zero-order valence-corrected chi connectivity index (χ0v) is 12.9. The van der Waals surface area contributed by atoms with Crippen LogP contribution in [0.5, 0.6) is 5.75 Å². The van der Waals surface area contributed by atoms with Gasteiger partial charge in [-0.15, -0.1) is 0 Å². The third kappa shape index (κ3) is 2.93. The number of hydrogen-bond donors (Lipinski definition) is 0. The van der Waals surface area contributed by atoms with E-state index in [4.69, 9.17) is 9.15 Å². The summed E-state index contributed by atoms with van der Waals surface area (Å²) in [6.07, 6.45) is 0.573. The summed E-state index contributed by atoms with van der Waals surface area (Å²) in [6.45, 7) is 0. The number of ether oxygens (including phenoxy) is 1.